The van der Waals surface area contributed by atoms with E-state index in [-0.39, 0.29) is 13.2 Å². The van der Waals surface area contributed by atoms with Gasteiger partial charge in [-0.05, 0) is 55.5 Å². The standard InChI is InChI=1S/C24H31N5O2.CH4/c1-29(2)23-19-6-4-5-7-20(19)27-24(28-23)26-18-11-9-17(10-12-18)25-15-16-8-13-22(31-3)21(30)14-16;/h4-8,13-14,17-18,25,30H,9-12,15H2,1-3H3,(H,26,27,28);1H4. The lowest BCUT2D eigenvalue weighted by molar-refractivity contribution is 0.351. The summed E-state index contributed by atoms with van der Waals surface area (Å²) in [5.41, 5.74) is 2.01. The van der Waals surface area contributed by atoms with Crippen molar-refractivity contribution < 1.29 is 9.84 Å². The molecule has 0 unspecified atom stereocenters. The van der Waals surface area contributed by atoms with Crippen LogP contribution in [0.15, 0.2) is 42.5 Å². The molecule has 0 radical (unpaired) electrons. The molecule has 172 valence electrons. The number of hydrogen-bond donors (Lipinski definition) is 3. The highest BCUT2D eigenvalue weighted by Gasteiger charge is 2.22. The van der Waals surface area contributed by atoms with Crippen LogP contribution in [0.3, 0.4) is 0 Å². The number of rotatable bonds is 7. The molecule has 0 atom stereocenters. The third-order valence-corrected chi connectivity index (χ3v) is 5.91. The van der Waals surface area contributed by atoms with Crippen LogP contribution in [0.2, 0.25) is 0 Å². The van der Waals surface area contributed by atoms with Gasteiger partial charge in [-0.2, -0.15) is 4.98 Å². The third kappa shape index (κ3) is 5.40. The van der Waals surface area contributed by atoms with Crippen LogP contribution in [-0.4, -0.2) is 48.4 Å². The summed E-state index contributed by atoms with van der Waals surface area (Å²) in [6.45, 7) is 0.736. The number of phenolic OH excluding ortho intramolecular Hbond substituents is 1. The molecule has 0 amide bonds. The number of phenols is 1. The minimum atomic E-state index is 0. The van der Waals surface area contributed by atoms with Crippen LogP contribution in [0, 0.1) is 0 Å². The Labute approximate surface area is 190 Å². The number of methoxy groups -OCH3 is 1. The number of para-hydroxylation sites is 1. The first-order valence-corrected chi connectivity index (χ1v) is 10.8. The van der Waals surface area contributed by atoms with Gasteiger partial charge in [0.25, 0.3) is 0 Å². The predicted molar refractivity (Wildman–Crippen MR) is 132 cm³/mol. The Bertz CT molecular complexity index is 1030. The van der Waals surface area contributed by atoms with E-state index in [4.69, 9.17) is 14.7 Å². The van der Waals surface area contributed by atoms with Crippen molar-refractivity contribution in [2.45, 2.75) is 51.7 Å². The molecule has 0 aliphatic heterocycles. The van der Waals surface area contributed by atoms with Crippen LogP contribution < -0.4 is 20.3 Å². The number of hydrogen-bond acceptors (Lipinski definition) is 7. The smallest absolute Gasteiger partial charge is 0.225 e. The fourth-order valence-electron chi connectivity index (χ4n) is 4.20. The van der Waals surface area contributed by atoms with E-state index in [1.807, 2.05) is 43.3 Å². The molecule has 0 bridgehead atoms. The number of nitrogens with one attached hydrogen (secondary N) is 2. The van der Waals surface area contributed by atoms with Gasteiger partial charge in [-0.25, -0.2) is 4.98 Å². The molecule has 1 heterocycles. The van der Waals surface area contributed by atoms with Gasteiger partial charge >= 0.3 is 0 Å². The molecule has 3 aromatic rings. The molecular weight excluding hydrogens is 402 g/mol. The number of fused-ring (bicyclic) bond motifs is 1. The van der Waals surface area contributed by atoms with Crippen molar-refractivity contribution in [1.82, 2.24) is 15.3 Å². The molecule has 1 aliphatic carbocycles. The second kappa shape index (κ2) is 10.5. The van der Waals surface area contributed by atoms with Crippen molar-refractivity contribution in [1.29, 1.82) is 0 Å². The second-order valence-corrected chi connectivity index (χ2v) is 8.36. The number of nitrogens with zero attached hydrogens (tertiary/aromatic N) is 3. The molecule has 1 fully saturated rings. The van der Waals surface area contributed by atoms with Gasteiger partial charge in [0.2, 0.25) is 5.95 Å². The third-order valence-electron chi connectivity index (χ3n) is 5.91. The van der Waals surface area contributed by atoms with Gasteiger partial charge in [-0.15, -0.1) is 0 Å². The maximum absolute atomic E-state index is 9.95. The van der Waals surface area contributed by atoms with Gasteiger partial charge in [0.05, 0.1) is 12.6 Å². The Kier molecular flexibility index (Phi) is 7.75. The van der Waals surface area contributed by atoms with E-state index in [0.717, 1.165) is 54.5 Å². The Balaban J connectivity index is 0.00000289. The largest absolute Gasteiger partial charge is 0.504 e. The van der Waals surface area contributed by atoms with Gasteiger partial charge in [-0.1, -0.05) is 25.6 Å². The molecule has 1 aliphatic rings. The minimum absolute atomic E-state index is 0. The first-order valence-electron chi connectivity index (χ1n) is 10.8. The van der Waals surface area contributed by atoms with Crippen LogP contribution in [0.25, 0.3) is 10.9 Å². The van der Waals surface area contributed by atoms with E-state index in [1.54, 1.807) is 19.2 Å². The van der Waals surface area contributed by atoms with Gasteiger partial charge in [-0.3, -0.25) is 0 Å². The van der Waals surface area contributed by atoms with Crippen LogP contribution in [0.1, 0.15) is 38.7 Å². The Morgan fingerprint density at radius 1 is 1.03 bits per heavy atom. The number of benzene rings is 2. The Morgan fingerprint density at radius 2 is 1.75 bits per heavy atom. The highest BCUT2D eigenvalue weighted by Crippen LogP contribution is 2.28. The molecule has 7 nitrogen and oxygen atoms in total. The first-order chi connectivity index (χ1) is 15.0. The van der Waals surface area contributed by atoms with Gasteiger partial charge < -0.3 is 25.4 Å². The predicted octanol–water partition coefficient (Wildman–Crippen LogP) is 4.56. The minimum Gasteiger partial charge on any atom is -0.504 e. The highest BCUT2D eigenvalue weighted by atomic mass is 16.5. The molecule has 2 aromatic carbocycles. The zero-order valence-electron chi connectivity index (χ0n) is 18.4. The first kappa shape index (κ1) is 23.6. The molecule has 0 spiro atoms. The monoisotopic (exact) mass is 437 g/mol. The molecule has 1 saturated carbocycles. The fraction of sp³-hybridized carbons (Fsp3) is 0.440. The van der Waals surface area contributed by atoms with Crippen LogP contribution in [0.4, 0.5) is 11.8 Å². The maximum Gasteiger partial charge on any atom is 0.225 e. The summed E-state index contributed by atoms with van der Waals surface area (Å²) in [5, 5.41) is 18.2. The van der Waals surface area contributed by atoms with Crippen molar-refractivity contribution in [3.63, 3.8) is 0 Å². The van der Waals surface area contributed by atoms with Gasteiger partial charge in [0, 0.05) is 38.1 Å². The Hall–Kier alpha value is -3.06. The number of aromatic hydroxyl groups is 1. The topological polar surface area (TPSA) is 82.5 Å². The van der Waals surface area contributed by atoms with Crippen LogP contribution >= 0.6 is 0 Å². The second-order valence-electron chi connectivity index (χ2n) is 8.36. The van der Waals surface area contributed by atoms with E-state index in [2.05, 4.69) is 16.7 Å². The van der Waals surface area contributed by atoms with E-state index < -0.39 is 0 Å². The Morgan fingerprint density at radius 3 is 2.44 bits per heavy atom. The molecular formula is C25H35N5O2. The van der Waals surface area contributed by atoms with Gasteiger partial charge in [0.15, 0.2) is 11.5 Å². The normalized spacial score (nSPS) is 18.1. The molecule has 1 aromatic heterocycles. The summed E-state index contributed by atoms with van der Waals surface area (Å²) < 4.78 is 5.11. The summed E-state index contributed by atoms with van der Waals surface area (Å²) in [7, 11) is 5.58. The zero-order valence-corrected chi connectivity index (χ0v) is 18.4. The molecule has 3 N–H and O–H groups in total. The zero-order chi connectivity index (χ0) is 21.8. The average molecular weight is 438 g/mol. The summed E-state index contributed by atoms with van der Waals surface area (Å²) in [6, 6.07) is 14.5. The highest BCUT2D eigenvalue weighted by molar-refractivity contribution is 5.90. The van der Waals surface area contributed by atoms with Crippen LogP contribution in [0.5, 0.6) is 11.5 Å². The van der Waals surface area contributed by atoms with E-state index >= 15 is 0 Å². The molecule has 4 rings (SSSR count). The summed E-state index contributed by atoms with van der Waals surface area (Å²) in [4.78, 5) is 11.5. The fourth-order valence-corrected chi connectivity index (χ4v) is 4.20. The maximum atomic E-state index is 9.95. The summed E-state index contributed by atoms with van der Waals surface area (Å²) in [6.07, 6.45) is 4.32. The van der Waals surface area contributed by atoms with Crippen molar-refractivity contribution in [3.8, 4) is 11.5 Å². The van der Waals surface area contributed by atoms with Crippen LogP contribution in [-0.2, 0) is 6.54 Å². The van der Waals surface area contributed by atoms with E-state index in [1.165, 1.54) is 0 Å². The van der Waals surface area contributed by atoms with Crippen molar-refractivity contribution in [2.75, 3.05) is 31.4 Å². The lowest BCUT2D eigenvalue weighted by Crippen LogP contribution is -2.37. The average Bonchev–Trinajstić information content (AvgIpc) is 2.78. The summed E-state index contributed by atoms with van der Waals surface area (Å²) in [5.74, 6) is 2.32. The number of ether oxygens (including phenoxy) is 1. The van der Waals surface area contributed by atoms with Crippen molar-refractivity contribution in [3.05, 3.63) is 48.0 Å². The van der Waals surface area contributed by atoms with Crippen molar-refractivity contribution in [2.24, 2.45) is 0 Å². The van der Waals surface area contributed by atoms with E-state index in [0.29, 0.717) is 23.8 Å². The molecule has 32 heavy (non-hydrogen) atoms. The van der Waals surface area contributed by atoms with Crippen molar-refractivity contribution >= 4 is 22.7 Å². The van der Waals surface area contributed by atoms with E-state index in [9.17, 15) is 5.11 Å². The lowest BCUT2D eigenvalue weighted by Gasteiger charge is -2.30. The van der Waals surface area contributed by atoms with Gasteiger partial charge in [0.1, 0.15) is 5.82 Å². The lowest BCUT2D eigenvalue weighted by atomic mass is 9.91. The summed E-state index contributed by atoms with van der Waals surface area (Å²) >= 11 is 0. The SMILES string of the molecule is C.COc1ccc(CNC2CCC(Nc3nc(N(C)C)c4ccccc4n3)CC2)cc1O. The molecule has 7 heteroatoms. The quantitative estimate of drug-likeness (QED) is 0.500. The number of aromatic nitrogens is 2. The number of anilines is 2. The molecule has 0 saturated heterocycles.